The van der Waals surface area contributed by atoms with Crippen LogP contribution in [0.4, 0.5) is 0 Å². The Hall–Kier alpha value is -3.40. The molecule has 3 rings (SSSR count). The van der Waals surface area contributed by atoms with Crippen molar-refractivity contribution in [2.45, 2.75) is 130 Å². The summed E-state index contributed by atoms with van der Waals surface area (Å²) >= 11 is 0. The standard InChI is InChI=1S/C40H54O4/c1-4-5-6-7-8-9-10-11-12-13-14-15-16-17-18-23-39(35-25-27-38(42)32(3)29-35)44-40(43)36-22-20-19-21-34(36)30-33-24-26-37(41)31(2)28-33/h19-22,24-29,41H,4-18,23,30H2,1-3H3/b39-35-. The molecule has 0 bridgehead atoms. The van der Waals surface area contributed by atoms with Crippen LogP contribution < -0.4 is 0 Å². The van der Waals surface area contributed by atoms with Gasteiger partial charge < -0.3 is 9.84 Å². The van der Waals surface area contributed by atoms with Gasteiger partial charge in [-0.1, -0.05) is 127 Å². The summed E-state index contributed by atoms with van der Waals surface area (Å²) in [5, 5.41) is 9.90. The van der Waals surface area contributed by atoms with E-state index in [4.69, 9.17) is 4.74 Å². The second kappa shape index (κ2) is 19.8. The molecule has 0 heterocycles. The molecule has 1 aliphatic carbocycles. The fourth-order valence-electron chi connectivity index (χ4n) is 5.82. The second-order valence-electron chi connectivity index (χ2n) is 12.4. The number of carbonyl (C=O) groups excluding carboxylic acids is 2. The number of carbonyl (C=O) groups is 2. The Labute approximate surface area is 266 Å². The topological polar surface area (TPSA) is 63.6 Å². The highest BCUT2D eigenvalue weighted by Crippen LogP contribution is 2.26. The minimum Gasteiger partial charge on any atom is -0.508 e. The van der Waals surface area contributed by atoms with E-state index in [1.807, 2.05) is 49.4 Å². The van der Waals surface area contributed by atoms with Crippen LogP contribution in [0, 0.1) is 6.92 Å². The first kappa shape index (κ1) is 35.1. The lowest BCUT2D eigenvalue weighted by Gasteiger charge is -2.16. The number of unbranched alkanes of at least 4 members (excludes halogenated alkanes) is 14. The van der Waals surface area contributed by atoms with Crippen LogP contribution >= 0.6 is 0 Å². The van der Waals surface area contributed by atoms with Crippen LogP contribution in [0.3, 0.4) is 0 Å². The normalized spacial score (nSPS) is 14.1. The van der Waals surface area contributed by atoms with Gasteiger partial charge in [0.2, 0.25) is 0 Å². The number of esters is 1. The van der Waals surface area contributed by atoms with Crippen molar-refractivity contribution in [3.63, 3.8) is 0 Å². The van der Waals surface area contributed by atoms with Crippen molar-refractivity contribution in [2.75, 3.05) is 0 Å². The summed E-state index contributed by atoms with van der Waals surface area (Å²) in [5.41, 5.74) is 4.68. The molecule has 0 unspecified atom stereocenters. The van der Waals surface area contributed by atoms with Crippen molar-refractivity contribution in [2.24, 2.45) is 0 Å². The molecule has 4 heteroatoms. The summed E-state index contributed by atoms with van der Waals surface area (Å²) in [6, 6.07) is 13.1. The van der Waals surface area contributed by atoms with Gasteiger partial charge in [-0.15, -0.1) is 0 Å². The van der Waals surface area contributed by atoms with Crippen molar-refractivity contribution in [3.8, 4) is 5.75 Å². The number of hydrogen-bond donors (Lipinski definition) is 1. The van der Waals surface area contributed by atoms with E-state index in [0.29, 0.717) is 29.7 Å². The zero-order valence-corrected chi connectivity index (χ0v) is 27.5. The minimum atomic E-state index is -0.379. The fourth-order valence-corrected chi connectivity index (χ4v) is 5.82. The number of aromatic hydroxyl groups is 1. The molecule has 0 amide bonds. The summed E-state index contributed by atoms with van der Waals surface area (Å²) in [7, 11) is 0. The maximum absolute atomic E-state index is 13.5. The van der Waals surface area contributed by atoms with E-state index in [-0.39, 0.29) is 17.5 Å². The highest BCUT2D eigenvalue weighted by Gasteiger charge is 2.18. The van der Waals surface area contributed by atoms with Gasteiger partial charge in [-0.2, -0.15) is 0 Å². The van der Waals surface area contributed by atoms with Gasteiger partial charge in [0, 0.05) is 12.0 Å². The van der Waals surface area contributed by atoms with Crippen molar-refractivity contribution >= 4 is 11.8 Å². The largest absolute Gasteiger partial charge is 0.508 e. The predicted molar refractivity (Wildman–Crippen MR) is 182 cm³/mol. The van der Waals surface area contributed by atoms with Crippen molar-refractivity contribution in [1.82, 2.24) is 0 Å². The highest BCUT2D eigenvalue weighted by atomic mass is 16.5. The molecule has 0 fully saturated rings. The maximum Gasteiger partial charge on any atom is 0.343 e. The number of allylic oxidation sites excluding steroid dienone is 6. The average Bonchev–Trinajstić information content (AvgIpc) is 3.02. The Balaban J connectivity index is 1.49. The summed E-state index contributed by atoms with van der Waals surface area (Å²) in [5.74, 6) is 0.499. The minimum absolute atomic E-state index is 0.0130. The summed E-state index contributed by atoms with van der Waals surface area (Å²) in [6.45, 7) is 5.94. The van der Waals surface area contributed by atoms with Gasteiger partial charge in [0.1, 0.15) is 11.5 Å². The molecule has 2 aromatic carbocycles. The van der Waals surface area contributed by atoms with Crippen LogP contribution in [-0.2, 0) is 16.0 Å². The van der Waals surface area contributed by atoms with Crippen molar-refractivity contribution in [3.05, 3.63) is 99.9 Å². The SMILES string of the molecule is CCCCCCCCCCCCCCCCC/C(OC(=O)c1ccccc1Cc1ccc(O)c(C)c1)=C1\C=CC(=O)C(C)=C1. The third-order valence-electron chi connectivity index (χ3n) is 8.61. The Kier molecular flexibility index (Phi) is 15.8. The molecule has 0 saturated heterocycles. The highest BCUT2D eigenvalue weighted by molar-refractivity contribution is 6.05. The first-order chi connectivity index (χ1) is 21.4. The van der Waals surface area contributed by atoms with Gasteiger partial charge in [-0.3, -0.25) is 4.79 Å². The summed E-state index contributed by atoms with van der Waals surface area (Å²) in [6.07, 6.45) is 25.9. The Morgan fingerprint density at radius 1 is 0.750 bits per heavy atom. The van der Waals surface area contributed by atoms with E-state index in [9.17, 15) is 14.7 Å². The Morgan fingerprint density at radius 3 is 1.93 bits per heavy atom. The van der Waals surface area contributed by atoms with E-state index in [1.165, 1.54) is 83.5 Å². The zero-order chi connectivity index (χ0) is 31.6. The van der Waals surface area contributed by atoms with Crippen LogP contribution in [0.25, 0.3) is 0 Å². The molecule has 1 N–H and O–H groups in total. The van der Waals surface area contributed by atoms with Gasteiger partial charge in [0.25, 0.3) is 0 Å². The molecule has 44 heavy (non-hydrogen) atoms. The lowest BCUT2D eigenvalue weighted by atomic mass is 9.98. The number of rotatable bonds is 20. The van der Waals surface area contributed by atoms with Gasteiger partial charge in [0.05, 0.1) is 5.56 Å². The molecule has 2 aromatic rings. The Morgan fingerprint density at radius 2 is 1.34 bits per heavy atom. The number of phenolic OH excluding ortho intramolecular Hbond substituents is 1. The lowest BCUT2D eigenvalue weighted by molar-refractivity contribution is -0.111. The van der Waals surface area contributed by atoms with Crippen LogP contribution in [-0.4, -0.2) is 16.9 Å². The van der Waals surface area contributed by atoms with E-state index < -0.39 is 0 Å². The first-order valence-corrected chi connectivity index (χ1v) is 17.1. The van der Waals surface area contributed by atoms with Crippen LogP contribution in [0.5, 0.6) is 5.75 Å². The van der Waals surface area contributed by atoms with Crippen LogP contribution in [0.1, 0.15) is 144 Å². The molecule has 1 aliphatic rings. The molecular weight excluding hydrogens is 544 g/mol. The molecule has 0 aliphatic heterocycles. The second-order valence-corrected chi connectivity index (χ2v) is 12.4. The van der Waals surface area contributed by atoms with E-state index in [0.717, 1.165) is 35.1 Å². The number of ether oxygens (including phenoxy) is 1. The smallest absolute Gasteiger partial charge is 0.343 e. The number of aryl methyl sites for hydroxylation is 1. The molecule has 0 aromatic heterocycles. The van der Waals surface area contributed by atoms with E-state index >= 15 is 0 Å². The molecule has 4 nitrogen and oxygen atoms in total. The summed E-state index contributed by atoms with van der Waals surface area (Å²) in [4.78, 5) is 25.6. The molecule has 0 atom stereocenters. The fraction of sp³-hybridized carbons (Fsp3) is 0.500. The van der Waals surface area contributed by atoms with Gasteiger partial charge >= 0.3 is 5.97 Å². The quantitative estimate of drug-likeness (QED) is 0.0935. The molecule has 0 radical (unpaired) electrons. The maximum atomic E-state index is 13.5. The van der Waals surface area contributed by atoms with Crippen molar-refractivity contribution in [1.29, 1.82) is 0 Å². The third-order valence-corrected chi connectivity index (χ3v) is 8.61. The lowest BCUT2D eigenvalue weighted by Crippen LogP contribution is -2.11. The van der Waals surface area contributed by atoms with Crippen LogP contribution in [0.15, 0.2) is 77.6 Å². The van der Waals surface area contributed by atoms with E-state index in [2.05, 4.69) is 6.92 Å². The molecule has 0 spiro atoms. The molecule has 0 saturated carbocycles. The molecular formula is C40H54O4. The predicted octanol–water partition coefficient (Wildman–Crippen LogP) is 11.0. The number of hydrogen-bond acceptors (Lipinski definition) is 4. The summed E-state index contributed by atoms with van der Waals surface area (Å²) < 4.78 is 6.09. The van der Waals surface area contributed by atoms with Crippen molar-refractivity contribution < 1.29 is 19.4 Å². The van der Waals surface area contributed by atoms with Gasteiger partial charge in [0.15, 0.2) is 5.78 Å². The first-order valence-electron chi connectivity index (χ1n) is 17.1. The number of benzene rings is 2. The average molecular weight is 599 g/mol. The van der Waals surface area contributed by atoms with Gasteiger partial charge in [-0.25, -0.2) is 4.79 Å². The van der Waals surface area contributed by atoms with Gasteiger partial charge in [-0.05, 0) is 79.3 Å². The monoisotopic (exact) mass is 598 g/mol. The molecule has 238 valence electrons. The third kappa shape index (κ3) is 12.3. The number of ketones is 1. The van der Waals surface area contributed by atoms with Crippen LogP contribution in [0.2, 0.25) is 0 Å². The van der Waals surface area contributed by atoms with E-state index in [1.54, 1.807) is 25.1 Å². The zero-order valence-electron chi connectivity index (χ0n) is 27.5. The number of phenols is 1. The Bertz CT molecular complexity index is 1300.